The first-order valence-corrected chi connectivity index (χ1v) is 6.68. The molecular weight excluding hydrogens is 238 g/mol. The highest BCUT2D eigenvalue weighted by Gasteiger charge is 2.48. The van der Waals surface area contributed by atoms with Crippen LogP contribution in [-0.4, -0.2) is 11.7 Å². The highest BCUT2D eigenvalue weighted by atomic mass is 16.2. The molecule has 0 fully saturated rings. The summed E-state index contributed by atoms with van der Waals surface area (Å²) in [6.07, 6.45) is 2.22. The molecule has 98 valence electrons. The molecule has 0 saturated heterocycles. The van der Waals surface area contributed by atoms with E-state index in [0.717, 1.165) is 16.9 Å². The molecule has 0 spiro atoms. The molecular formula is C16H17NO2. The number of amides is 1. The van der Waals surface area contributed by atoms with Crippen LogP contribution < -0.4 is 4.90 Å². The van der Waals surface area contributed by atoms with Gasteiger partial charge in [0, 0.05) is 17.2 Å². The first kappa shape index (κ1) is 12.2. The molecule has 1 amide bonds. The van der Waals surface area contributed by atoms with Gasteiger partial charge in [-0.25, -0.2) is 0 Å². The van der Waals surface area contributed by atoms with Crippen molar-refractivity contribution in [3.63, 3.8) is 0 Å². The van der Waals surface area contributed by atoms with E-state index < -0.39 is 5.92 Å². The Kier molecular flexibility index (Phi) is 2.43. The molecule has 1 aromatic carbocycles. The van der Waals surface area contributed by atoms with Gasteiger partial charge in [-0.05, 0) is 18.1 Å². The minimum atomic E-state index is -0.522. The maximum atomic E-state index is 12.6. The Bertz CT molecular complexity index is 613. The number of anilines is 1. The highest BCUT2D eigenvalue weighted by molar-refractivity contribution is 6.18. The summed E-state index contributed by atoms with van der Waals surface area (Å²) in [6, 6.07) is 7.90. The van der Waals surface area contributed by atoms with E-state index in [0.29, 0.717) is 6.42 Å². The van der Waals surface area contributed by atoms with Crippen LogP contribution in [0.15, 0.2) is 36.0 Å². The van der Waals surface area contributed by atoms with Crippen LogP contribution in [0, 0.1) is 5.92 Å². The minimum absolute atomic E-state index is 0.0559. The van der Waals surface area contributed by atoms with Crippen molar-refractivity contribution in [2.45, 2.75) is 32.6 Å². The lowest BCUT2D eigenvalue weighted by molar-refractivity contribution is -0.130. The zero-order chi connectivity index (χ0) is 13.8. The van der Waals surface area contributed by atoms with E-state index in [9.17, 15) is 9.59 Å². The molecule has 1 aromatic rings. The van der Waals surface area contributed by atoms with Crippen LogP contribution in [0.2, 0.25) is 0 Å². The summed E-state index contributed by atoms with van der Waals surface area (Å²) >= 11 is 0. The van der Waals surface area contributed by atoms with Gasteiger partial charge in [0.2, 0.25) is 5.91 Å². The molecule has 1 unspecified atom stereocenters. The van der Waals surface area contributed by atoms with Gasteiger partial charge < -0.3 is 0 Å². The van der Waals surface area contributed by atoms with Crippen molar-refractivity contribution >= 4 is 17.4 Å². The largest absolute Gasteiger partial charge is 0.294 e. The summed E-state index contributed by atoms with van der Waals surface area (Å²) in [5, 5.41) is 0. The summed E-state index contributed by atoms with van der Waals surface area (Å²) in [5.74, 6) is -0.659. The van der Waals surface area contributed by atoms with Crippen LogP contribution in [0.5, 0.6) is 0 Å². The molecule has 0 N–H and O–H groups in total. The van der Waals surface area contributed by atoms with Crippen LogP contribution in [0.25, 0.3) is 0 Å². The Balaban J connectivity index is 2.25. The van der Waals surface area contributed by atoms with Gasteiger partial charge in [0.25, 0.3) is 0 Å². The van der Waals surface area contributed by atoms with Crippen molar-refractivity contribution < 1.29 is 9.59 Å². The monoisotopic (exact) mass is 255 g/mol. The molecule has 3 rings (SSSR count). The van der Waals surface area contributed by atoms with Gasteiger partial charge in [0.05, 0.1) is 5.69 Å². The van der Waals surface area contributed by atoms with E-state index in [4.69, 9.17) is 0 Å². The lowest BCUT2D eigenvalue weighted by Crippen LogP contribution is -2.43. The Morgan fingerprint density at radius 1 is 1.21 bits per heavy atom. The summed E-state index contributed by atoms with van der Waals surface area (Å²) in [4.78, 5) is 26.4. The highest BCUT2D eigenvalue weighted by Crippen LogP contribution is 2.49. The fraction of sp³-hybridized carbons (Fsp3) is 0.375. The number of carbonyl (C=O) groups is 2. The summed E-state index contributed by atoms with van der Waals surface area (Å²) in [7, 11) is 0. The van der Waals surface area contributed by atoms with Crippen LogP contribution in [0.3, 0.4) is 0 Å². The van der Waals surface area contributed by atoms with Crippen LogP contribution in [0.1, 0.15) is 32.8 Å². The summed E-state index contributed by atoms with van der Waals surface area (Å²) in [5.41, 5.74) is 2.56. The van der Waals surface area contributed by atoms with E-state index in [1.165, 1.54) is 0 Å². The first-order chi connectivity index (χ1) is 8.98. The van der Waals surface area contributed by atoms with Gasteiger partial charge in [-0.2, -0.15) is 0 Å². The number of ketones is 1. The van der Waals surface area contributed by atoms with Crippen molar-refractivity contribution in [1.82, 2.24) is 0 Å². The predicted octanol–water partition coefficient (Wildman–Crippen LogP) is 2.80. The maximum Gasteiger partial charge on any atom is 0.242 e. The Hall–Kier alpha value is -1.90. The zero-order valence-electron chi connectivity index (χ0n) is 11.4. The maximum absolute atomic E-state index is 12.6. The van der Waals surface area contributed by atoms with Crippen LogP contribution >= 0.6 is 0 Å². The third-order valence-corrected chi connectivity index (χ3v) is 4.25. The summed E-state index contributed by atoms with van der Waals surface area (Å²) in [6.45, 7) is 6.00. The van der Waals surface area contributed by atoms with Crippen LogP contribution in [-0.2, 0) is 15.0 Å². The number of hydrogen-bond donors (Lipinski definition) is 0. The second-order valence-electron chi connectivity index (χ2n) is 5.71. The van der Waals surface area contributed by atoms with E-state index in [1.54, 1.807) is 11.0 Å². The molecule has 2 heterocycles. The molecule has 0 saturated carbocycles. The SMILES string of the molecule is CCC1C(=O)C=C2N(C1=O)c1ccccc1C2(C)C. The zero-order valence-corrected chi connectivity index (χ0v) is 11.4. The third-order valence-electron chi connectivity index (χ3n) is 4.25. The molecule has 19 heavy (non-hydrogen) atoms. The quantitative estimate of drug-likeness (QED) is 0.724. The lowest BCUT2D eigenvalue weighted by atomic mass is 9.81. The molecule has 0 aromatic heterocycles. The average molecular weight is 255 g/mol. The fourth-order valence-corrected chi connectivity index (χ4v) is 3.12. The number of hydrogen-bond acceptors (Lipinski definition) is 2. The number of allylic oxidation sites excluding steroid dienone is 2. The topological polar surface area (TPSA) is 37.4 Å². The van der Waals surface area contributed by atoms with Crippen LogP contribution in [0.4, 0.5) is 5.69 Å². The lowest BCUT2D eigenvalue weighted by Gasteiger charge is -2.31. The Labute approximate surface area is 112 Å². The third kappa shape index (κ3) is 1.44. The number of fused-ring (bicyclic) bond motifs is 3. The number of para-hydroxylation sites is 1. The number of rotatable bonds is 1. The van der Waals surface area contributed by atoms with Crippen molar-refractivity contribution in [2.75, 3.05) is 4.90 Å². The molecule has 2 aliphatic heterocycles. The number of carbonyl (C=O) groups excluding carboxylic acids is 2. The van der Waals surface area contributed by atoms with Crippen molar-refractivity contribution in [3.8, 4) is 0 Å². The van der Waals surface area contributed by atoms with Crippen molar-refractivity contribution in [2.24, 2.45) is 5.92 Å². The van der Waals surface area contributed by atoms with Crippen molar-refractivity contribution in [3.05, 3.63) is 41.6 Å². The smallest absolute Gasteiger partial charge is 0.242 e. The van der Waals surface area contributed by atoms with Gasteiger partial charge in [0.1, 0.15) is 5.92 Å². The second-order valence-corrected chi connectivity index (χ2v) is 5.71. The van der Waals surface area contributed by atoms with Gasteiger partial charge in [-0.3, -0.25) is 14.5 Å². The van der Waals surface area contributed by atoms with Gasteiger partial charge in [-0.15, -0.1) is 0 Å². The first-order valence-electron chi connectivity index (χ1n) is 6.68. The standard InChI is InChI=1S/C16H17NO2/c1-4-10-13(18)9-14-16(2,3)11-7-5-6-8-12(11)17(14)15(10)19/h5-10H,4H2,1-3H3. The normalized spacial score (nSPS) is 24.1. The van der Waals surface area contributed by atoms with Gasteiger partial charge in [-0.1, -0.05) is 39.0 Å². The number of benzene rings is 1. The Morgan fingerprint density at radius 2 is 1.89 bits per heavy atom. The van der Waals surface area contributed by atoms with E-state index in [1.807, 2.05) is 31.2 Å². The molecule has 3 heteroatoms. The molecule has 0 aliphatic carbocycles. The van der Waals surface area contributed by atoms with E-state index >= 15 is 0 Å². The molecule has 0 radical (unpaired) electrons. The predicted molar refractivity (Wildman–Crippen MR) is 73.8 cm³/mol. The summed E-state index contributed by atoms with van der Waals surface area (Å²) < 4.78 is 0. The van der Waals surface area contributed by atoms with E-state index in [-0.39, 0.29) is 17.1 Å². The molecule has 2 aliphatic rings. The second kappa shape index (κ2) is 3.80. The van der Waals surface area contributed by atoms with Gasteiger partial charge >= 0.3 is 0 Å². The Morgan fingerprint density at radius 3 is 2.58 bits per heavy atom. The molecule has 3 nitrogen and oxygen atoms in total. The number of nitrogens with zero attached hydrogens (tertiary/aromatic N) is 1. The van der Waals surface area contributed by atoms with Gasteiger partial charge in [0.15, 0.2) is 5.78 Å². The molecule has 0 bridgehead atoms. The minimum Gasteiger partial charge on any atom is -0.294 e. The van der Waals surface area contributed by atoms with E-state index in [2.05, 4.69) is 13.8 Å². The molecule has 1 atom stereocenters. The fourth-order valence-electron chi connectivity index (χ4n) is 3.12. The van der Waals surface area contributed by atoms with Crippen molar-refractivity contribution in [1.29, 1.82) is 0 Å². The average Bonchev–Trinajstić information content (AvgIpc) is 2.60.